The Hall–Kier alpha value is -2.22. The molecule has 2 rings (SSSR count). The smallest absolute Gasteiger partial charge is 0.406 e. The van der Waals surface area contributed by atoms with Gasteiger partial charge in [0.05, 0.1) is 0 Å². The topological polar surface area (TPSA) is 57.4 Å². The number of hydrogen-bond donors (Lipinski definition) is 2. The Morgan fingerprint density at radius 1 is 1.33 bits per heavy atom. The zero-order chi connectivity index (χ0) is 17.9. The molecule has 1 aromatic heterocycles. The van der Waals surface area contributed by atoms with Crippen LogP contribution in [0, 0.1) is 0 Å². The number of hydrogen-bond acceptors (Lipinski definition) is 3. The van der Waals surface area contributed by atoms with Crippen molar-refractivity contribution < 1.29 is 22.7 Å². The predicted molar refractivity (Wildman–Crippen MR) is 85.1 cm³/mol. The molecule has 1 amide bonds. The Morgan fingerprint density at radius 2 is 2.04 bits per heavy atom. The number of nitrogens with zero attached hydrogens (tertiary/aromatic N) is 1. The minimum Gasteiger partial charge on any atom is -0.406 e. The first-order valence-corrected chi connectivity index (χ1v) is 7.48. The van der Waals surface area contributed by atoms with Gasteiger partial charge >= 0.3 is 6.36 Å². The van der Waals surface area contributed by atoms with Crippen LogP contribution in [0.4, 0.5) is 13.2 Å². The number of aromatic amines is 1. The summed E-state index contributed by atoms with van der Waals surface area (Å²) in [5.41, 5.74) is 0.703. The molecule has 0 aliphatic rings. The number of aromatic nitrogens is 1. The summed E-state index contributed by atoms with van der Waals surface area (Å²) in [6.45, 7) is 2.74. The normalized spacial score (nSPS) is 13.3. The molecule has 8 heteroatoms. The molecule has 1 aromatic carbocycles. The molecule has 0 aliphatic heterocycles. The summed E-state index contributed by atoms with van der Waals surface area (Å²) in [5, 5.41) is 3.49. The highest BCUT2D eigenvalue weighted by Crippen LogP contribution is 2.26. The molecule has 0 fully saturated rings. The maximum atomic E-state index is 12.2. The molecule has 1 heterocycles. The first-order valence-electron chi connectivity index (χ1n) is 7.48. The third-order valence-corrected chi connectivity index (χ3v) is 3.46. The minimum atomic E-state index is -4.75. The van der Waals surface area contributed by atoms with Gasteiger partial charge < -0.3 is 19.9 Å². The van der Waals surface area contributed by atoms with Gasteiger partial charge in [-0.2, -0.15) is 0 Å². The van der Waals surface area contributed by atoms with E-state index in [-0.39, 0.29) is 17.7 Å². The summed E-state index contributed by atoms with van der Waals surface area (Å²) in [6, 6.07) is 5.48. The van der Waals surface area contributed by atoms with Crippen molar-refractivity contribution in [3.63, 3.8) is 0 Å². The first kappa shape index (κ1) is 18.1. The molecule has 1 unspecified atom stereocenters. The van der Waals surface area contributed by atoms with Crippen molar-refractivity contribution in [1.82, 2.24) is 15.2 Å². The zero-order valence-corrected chi connectivity index (χ0v) is 13.7. The lowest BCUT2D eigenvalue weighted by Gasteiger charge is -2.16. The van der Waals surface area contributed by atoms with Crippen LogP contribution in [0.3, 0.4) is 0 Å². The summed E-state index contributed by atoms with van der Waals surface area (Å²) in [4.78, 5) is 17.1. The molecule has 0 saturated heterocycles. The van der Waals surface area contributed by atoms with Crippen molar-refractivity contribution in [3.05, 3.63) is 30.0 Å². The van der Waals surface area contributed by atoms with Crippen LogP contribution in [0.25, 0.3) is 10.9 Å². The molecule has 5 nitrogen and oxygen atoms in total. The van der Waals surface area contributed by atoms with E-state index >= 15 is 0 Å². The van der Waals surface area contributed by atoms with Crippen LogP contribution in [0.5, 0.6) is 5.75 Å². The second-order valence-corrected chi connectivity index (χ2v) is 5.95. The van der Waals surface area contributed by atoms with E-state index in [9.17, 15) is 18.0 Å². The summed E-state index contributed by atoms with van der Waals surface area (Å²) in [7, 11) is 3.90. The second kappa shape index (κ2) is 7.12. The number of nitrogens with one attached hydrogen (secondary N) is 2. The monoisotopic (exact) mass is 343 g/mol. The molecule has 1 atom stereocenters. The number of halogens is 3. The van der Waals surface area contributed by atoms with Gasteiger partial charge in [0.15, 0.2) is 0 Å². The summed E-state index contributed by atoms with van der Waals surface area (Å²) >= 11 is 0. The van der Waals surface area contributed by atoms with E-state index in [2.05, 4.69) is 15.0 Å². The van der Waals surface area contributed by atoms with Gasteiger partial charge in [-0.05, 0) is 52.2 Å². The van der Waals surface area contributed by atoms with E-state index in [0.29, 0.717) is 16.6 Å². The Bertz CT molecular complexity index is 710. The van der Waals surface area contributed by atoms with Crippen molar-refractivity contribution in [2.45, 2.75) is 25.7 Å². The number of ether oxygens (including phenoxy) is 1. The van der Waals surface area contributed by atoms with Crippen LogP contribution in [-0.4, -0.2) is 48.8 Å². The van der Waals surface area contributed by atoms with Crippen LogP contribution in [-0.2, 0) is 0 Å². The zero-order valence-electron chi connectivity index (χ0n) is 13.7. The van der Waals surface area contributed by atoms with Crippen LogP contribution >= 0.6 is 0 Å². The number of carbonyl (C=O) groups excluding carboxylic acids is 1. The minimum absolute atomic E-state index is 0.0181. The molecule has 0 radical (unpaired) electrons. The number of alkyl halides is 3. The van der Waals surface area contributed by atoms with Gasteiger partial charge in [0.1, 0.15) is 11.4 Å². The van der Waals surface area contributed by atoms with E-state index in [1.165, 1.54) is 18.2 Å². The Kier molecular flexibility index (Phi) is 5.38. The molecule has 0 spiro atoms. The van der Waals surface area contributed by atoms with E-state index in [4.69, 9.17) is 0 Å². The molecular formula is C16H20F3N3O2. The molecule has 0 aliphatic carbocycles. The van der Waals surface area contributed by atoms with Crippen LogP contribution in [0.15, 0.2) is 24.3 Å². The number of benzene rings is 1. The molecule has 24 heavy (non-hydrogen) atoms. The van der Waals surface area contributed by atoms with E-state index in [1.54, 1.807) is 6.07 Å². The highest BCUT2D eigenvalue weighted by atomic mass is 19.4. The Balaban J connectivity index is 2.08. The highest BCUT2D eigenvalue weighted by molar-refractivity contribution is 5.98. The van der Waals surface area contributed by atoms with Crippen molar-refractivity contribution in [2.75, 3.05) is 20.6 Å². The number of H-pyrrole nitrogens is 1. The van der Waals surface area contributed by atoms with E-state index < -0.39 is 6.36 Å². The maximum absolute atomic E-state index is 12.2. The average Bonchev–Trinajstić information content (AvgIpc) is 2.86. The second-order valence-electron chi connectivity index (χ2n) is 5.95. The van der Waals surface area contributed by atoms with Crippen molar-refractivity contribution in [2.24, 2.45) is 0 Å². The van der Waals surface area contributed by atoms with Gasteiger partial charge in [0, 0.05) is 23.0 Å². The Morgan fingerprint density at radius 3 is 2.67 bits per heavy atom. The molecule has 2 aromatic rings. The van der Waals surface area contributed by atoms with E-state index in [0.717, 1.165) is 13.0 Å². The fourth-order valence-electron chi connectivity index (χ4n) is 2.25. The van der Waals surface area contributed by atoms with Gasteiger partial charge in [-0.3, -0.25) is 4.79 Å². The lowest BCUT2D eigenvalue weighted by atomic mass is 10.2. The Labute approximate surface area is 137 Å². The van der Waals surface area contributed by atoms with Crippen LogP contribution < -0.4 is 10.1 Å². The lowest BCUT2D eigenvalue weighted by Crippen LogP contribution is -2.34. The SMILES string of the molecule is CC(CCN(C)C)NC(=O)c1cc2ccc(OC(F)(F)F)cc2[nH]1. The van der Waals surface area contributed by atoms with Gasteiger partial charge in [-0.15, -0.1) is 13.2 Å². The number of carbonyl (C=O) groups is 1. The van der Waals surface area contributed by atoms with Crippen LogP contribution in [0.1, 0.15) is 23.8 Å². The quantitative estimate of drug-likeness (QED) is 0.847. The van der Waals surface area contributed by atoms with Crippen molar-refractivity contribution >= 4 is 16.8 Å². The van der Waals surface area contributed by atoms with Gasteiger partial charge in [-0.1, -0.05) is 0 Å². The molecule has 0 saturated carbocycles. The number of fused-ring (bicyclic) bond motifs is 1. The summed E-state index contributed by atoms with van der Waals surface area (Å²) in [6.07, 6.45) is -3.95. The van der Waals surface area contributed by atoms with Gasteiger partial charge in [0.2, 0.25) is 0 Å². The highest BCUT2D eigenvalue weighted by Gasteiger charge is 2.31. The molecule has 0 bridgehead atoms. The molecular weight excluding hydrogens is 323 g/mol. The van der Waals surface area contributed by atoms with Crippen molar-refractivity contribution in [1.29, 1.82) is 0 Å². The first-order chi connectivity index (χ1) is 11.1. The third kappa shape index (κ3) is 5.16. The molecule has 132 valence electrons. The number of rotatable bonds is 6. The van der Waals surface area contributed by atoms with Gasteiger partial charge in [0.25, 0.3) is 5.91 Å². The largest absolute Gasteiger partial charge is 0.573 e. The van der Waals surface area contributed by atoms with E-state index in [1.807, 2.05) is 25.9 Å². The predicted octanol–water partition coefficient (Wildman–Crippen LogP) is 3.14. The van der Waals surface area contributed by atoms with Crippen molar-refractivity contribution in [3.8, 4) is 5.75 Å². The summed E-state index contributed by atoms with van der Waals surface area (Å²) in [5.74, 6) is -0.626. The third-order valence-electron chi connectivity index (χ3n) is 3.46. The fraction of sp³-hybridized carbons (Fsp3) is 0.438. The fourth-order valence-corrected chi connectivity index (χ4v) is 2.25. The van der Waals surface area contributed by atoms with Crippen LogP contribution in [0.2, 0.25) is 0 Å². The maximum Gasteiger partial charge on any atom is 0.573 e. The standard InChI is InChI=1S/C16H20F3N3O2/c1-10(6-7-22(2)3)20-15(23)14-8-11-4-5-12(9-13(11)21-14)24-16(17,18)19/h4-5,8-10,21H,6-7H2,1-3H3,(H,20,23). The lowest BCUT2D eigenvalue weighted by molar-refractivity contribution is -0.274. The average molecular weight is 343 g/mol. The summed E-state index contributed by atoms with van der Waals surface area (Å²) < 4.78 is 40.6. The van der Waals surface area contributed by atoms with Gasteiger partial charge in [-0.25, -0.2) is 0 Å². The molecule has 2 N–H and O–H groups in total. The number of amides is 1.